The van der Waals surface area contributed by atoms with E-state index in [9.17, 15) is 18.5 Å². The lowest BCUT2D eigenvalue weighted by Gasteiger charge is -2.31. The summed E-state index contributed by atoms with van der Waals surface area (Å²) in [5.74, 6) is 0. The Balaban J connectivity index is 2.06. The van der Waals surface area contributed by atoms with Crippen LogP contribution < -0.4 is 5.32 Å². The second-order valence-electron chi connectivity index (χ2n) is 5.00. The number of hydrogen-bond acceptors (Lipinski definition) is 5. The third kappa shape index (κ3) is 4.05. The van der Waals surface area contributed by atoms with Crippen molar-refractivity contribution in [1.82, 2.24) is 4.31 Å². The van der Waals surface area contributed by atoms with Crippen LogP contribution in [-0.2, 0) is 10.0 Å². The number of benzene rings is 1. The molecule has 1 aliphatic rings. The molecule has 1 saturated heterocycles. The van der Waals surface area contributed by atoms with Crippen molar-refractivity contribution in [3.63, 3.8) is 0 Å². The van der Waals surface area contributed by atoms with Gasteiger partial charge in [-0.05, 0) is 25.0 Å². The Kier molecular flexibility index (Phi) is 4.70. The van der Waals surface area contributed by atoms with Crippen molar-refractivity contribution in [2.75, 3.05) is 24.7 Å². The molecule has 0 spiro atoms. The van der Waals surface area contributed by atoms with Crippen LogP contribution in [0.25, 0.3) is 0 Å². The molecule has 116 valence electrons. The van der Waals surface area contributed by atoms with Gasteiger partial charge < -0.3 is 5.32 Å². The van der Waals surface area contributed by atoms with Crippen molar-refractivity contribution in [3.05, 3.63) is 33.3 Å². The minimum atomic E-state index is -3.17. The van der Waals surface area contributed by atoms with E-state index < -0.39 is 14.9 Å². The van der Waals surface area contributed by atoms with E-state index in [1.165, 1.54) is 16.6 Å². The van der Waals surface area contributed by atoms with E-state index >= 15 is 0 Å². The zero-order valence-electron chi connectivity index (χ0n) is 11.5. The molecular formula is C12H16ClN3O4S. The van der Waals surface area contributed by atoms with Crippen LogP contribution in [0.1, 0.15) is 12.8 Å². The zero-order chi connectivity index (χ0) is 15.6. The highest BCUT2D eigenvalue weighted by Gasteiger charge is 2.26. The summed E-state index contributed by atoms with van der Waals surface area (Å²) in [6.07, 6.45) is 2.39. The number of nitrogens with zero attached hydrogens (tertiary/aromatic N) is 2. The molecule has 0 aliphatic carbocycles. The number of nitro benzene ring substituents is 1. The first-order valence-corrected chi connectivity index (χ1v) is 8.65. The first kappa shape index (κ1) is 16.0. The SMILES string of the molecule is CS(=O)(=O)N1CCC(Nc2ccc(Cl)cc2[N+](=O)[O-])CC1. The van der Waals surface area contributed by atoms with Crippen molar-refractivity contribution in [3.8, 4) is 0 Å². The van der Waals surface area contributed by atoms with Gasteiger partial charge in [0.25, 0.3) is 5.69 Å². The van der Waals surface area contributed by atoms with Gasteiger partial charge in [-0.2, -0.15) is 0 Å². The van der Waals surface area contributed by atoms with Gasteiger partial charge in [0.2, 0.25) is 10.0 Å². The number of rotatable bonds is 4. The Morgan fingerprint density at radius 3 is 2.52 bits per heavy atom. The van der Waals surface area contributed by atoms with Crippen LogP contribution in [0.15, 0.2) is 18.2 Å². The van der Waals surface area contributed by atoms with Crippen LogP contribution in [-0.4, -0.2) is 43.0 Å². The smallest absolute Gasteiger partial charge is 0.293 e. The summed E-state index contributed by atoms with van der Waals surface area (Å²) < 4.78 is 24.3. The normalized spacial score (nSPS) is 17.6. The molecule has 0 aromatic heterocycles. The van der Waals surface area contributed by atoms with Crippen LogP contribution in [0.5, 0.6) is 0 Å². The molecule has 0 atom stereocenters. The molecule has 7 nitrogen and oxygen atoms in total. The number of anilines is 1. The van der Waals surface area contributed by atoms with Crippen molar-refractivity contribution < 1.29 is 13.3 Å². The highest BCUT2D eigenvalue weighted by molar-refractivity contribution is 7.88. The van der Waals surface area contributed by atoms with E-state index in [2.05, 4.69) is 5.32 Å². The minimum Gasteiger partial charge on any atom is -0.377 e. The highest BCUT2D eigenvalue weighted by Crippen LogP contribution is 2.29. The summed E-state index contributed by atoms with van der Waals surface area (Å²) in [5, 5.41) is 14.4. The van der Waals surface area contributed by atoms with Gasteiger partial charge in [0.1, 0.15) is 5.69 Å². The van der Waals surface area contributed by atoms with Crippen molar-refractivity contribution in [1.29, 1.82) is 0 Å². The molecule has 1 fully saturated rings. The second-order valence-corrected chi connectivity index (χ2v) is 7.42. The summed E-state index contributed by atoms with van der Waals surface area (Å²) in [5.41, 5.74) is 0.329. The third-order valence-corrected chi connectivity index (χ3v) is 4.98. The molecule has 1 aliphatic heterocycles. The van der Waals surface area contributed by atoms with E-state index in [4.69, 9.17) is 11.6 Å². The maximum absolute atomic E-state index is 11.4. The van der Waals surface area contributed by atoms with Crippen LogP contribution in [0.4, 0.5) is 11.4 Å². The maximum Gasteiger partial charge on any atom is 0.293 e. The summed E-state index contributed by atoms with van der Waals surface area (Å²) in [7, 11) is -3.17. The average Bonchev–Trinajstić information content (AvgIpc) is 2.40. The lowest BCUT2D eigenvalue weighted by Crippen LogP contribution is -2.41. The molecule has 1 aromatic rings. The predicted molar refractivity (Wildman–Crippen MR) is 81.2 cm³/mol. The Bertz CT molecular complexity index is 642. The molecule has 9 heteroatoms. The number of sulfonamides is 1. The van der Waals surface area contributed by atoms with Crippen molar-refractivity contribution in [2.45, 2.75) is 18.9 Å². The highest BCUT2D eigenvalue weighted by atomic mass is 35.5. The van der Waals surface area contributed by atoms with Crippen molar-refractivity contribution in [2.24, 2.45) is 0 Å². The largest absolute Gasteiger partial charge is 0.377 e. The number of nitrogens with one attached hydrogen (secondary N) is 1. The van der Waals surface area contributed by atoms with E-state index in [1.54, 1.807) is 12.1 Å². The lowest BCUT2D eigenvalue weighted by molar-refractivity contribution is -0.384. The summed E-state index contributed by atoms with van der Waals surface area (Å²) in [6.45, 7) is 0.829. The zero-order valence-corrected chi connectivity index (χ0v) is 13.0. The Morgan fingerprint density at radius 1 is 1.38 bits per heavy atom. The molecule has 1 aromatic carbocycles. The molecule has 2 rings (SSSR count). The monoisotopic (exact) mass is 333 g/mol. The van der Waals surface area contributed by atoms with Crippen molar-refractivity contribution >= 4 is 33.0 Å². The van der Waals surface area contributed by atoms with E-state index in [1.807, 2.05) is 0 Å². The Morgan fingerprint density at radius 2 is 2.00 bits per heavy atom. The topological polar surface area (TPSA) is 92.6 Å². The van der Waals surface area contributed by atoms with Gasteiger partial charge in [-0.25, -0.2) is 12.7 Å². The third-order valence-electron chi connectivity index (χ3n) is 3.44. The molecule has 0 amide bonds. The number of piperidine rings is 1. The van der Waals surface area contributed by atoms with Gasteiger partial charge in [-0.15, -0.1) is 0 Å². The summed E-state index contributed by atoms with van der Waals surface area (Å²) in [6, 6.07) is 4.46. The Labute approximate surface area is 128 Å². The molecule has 0 radical (unpaired) electrons. The van der Waals surface area contributed by atoms with Crippen LogP contribution in [0.3, 0.4) is 0 Å². The number of halogens is 1. The number of nitro groups is 1. The van der Waals surface area contributed by atoms with E-state index in [0.29, 0.717) is 36.6 Å². The second kappa shape index (κ2) is 6.17. The maximum atomic E-state index is 11.4. The van der Waals surface area contributed by atoms with E-state index in [-0.39, 0.29) is 11.7 Å². The fourth-order valence-corrected chi connectivity index (χ4v) is 3.37. The first-order chi connectivity index (χ1) is 9.77. The van der Waals surface area contributed by atoms with Crippen LogP contribution in [0, 0.1) is 10.1 Å². The fraction of sp³-hybridized carbons (Fsp3) is 0.500. The molecular weight excluding hydrogens is 318 g/mol. The van der Waals surface area contributed by atoms with Gasteiger partial charge >= 0.3 is 0 Å². The predicted octanol–water partition coefficient (Wildman–Crippen LogP) is 2.08. The van der Waals surface area contributed by atoms with Gasteiger partial charge in [-0.3, -0.25) is 10.1 Å². The average molecular weight is 334 g/mol. The van der Waals surface area contributed by atoms with Gasteiger partial charge in [0.15, 0.2) is 0 Å². The summed E-state index contributed by atoms with van der Waals surface area (Å²) in [4.78, 5) is 10.5. The van der Waals surface area contributed by atoms with E-state index in [0.717, 1.165) is 0 Å². The standard InChI is InChI=1S/C12H16ClN3O4S/c1-21(19,20)15-6-4-10(5-7-15)14-11-3-2-9(13)8-12(11)16(17)18/h2-3,8,10,14H,4-7H2,1H3. The van der Waals surface area contributed by atoms with Gasteiger partial charge in [-0.1, -0.05) is 11.6 Å². The first-order valence-electron chi connectivity index (χ1n) is 6.43. The number of hydrogen-bond donors (Lipinski definition) is 1. The fourth-order valence-electron chi connectivity index (χ4n) is 2.33. The van der Waals surface area contributed by atoms with Gasteiger partial charge in [0.05, 0.1) is 11.2 Å². The molecule has 1 heterocycles. The lowest BCUT2D eigenvalue weighted by atomic mass is 10.1. The molecule has 0 bridgehead atoms. The Hall–Kier alpha value is -1.38. The summed E-state index contributed by atoms with van der Waals surface area (Å²) >= 11 is 5.77. The van der Waals surface area contributed by atoms with Crippen LogP contribution >= 0.6 is 11.6 Å². The minimum absolute atomic E-state index is 0.00266. The van der Waals surface area contributed by atoms with Gasteiger partial charge in [0, 0.05) is 30.2 Å². The quantitative estimate of drug-likeness (QED) is 0.672. The molecule has 21 heavy (non-hydrogen) atoms. The van der Waals surface area contributed by atoms with Crippen LogP contribution in [0.2, 0.25) is 5.02 Å². The molecule has 0 unspecified atom stereocenters. The molecule has 0 saturated carbocycles. The molecule has 1 N–H and O–H groups in total.